The predicted molar refractivity (Wildman–Crippen MR) is 123 cm³/mol. The maximum atomic E-state index is 13.4. The van der Waals surface area contributed by atoms with E-state index >= 15 is 0 Å². The molecule has 2 heterocycles. The molecule has 3 N–H and O–H groups in total. The maximum Gasteiger partial charge on any atom is 0.162 e. The van der Waals surface area contributed by atoms with Gasteiger partial charge in [-0.25, -0.2) is 8.78 Å². The van der Waals surface area contributed by atoms with Gasteiger partial charge in [0, 0.05) is 50.5 Å². The molecule has 0 bridgehead atoms. The standard InChI is InChI=1S/C25H32F2N2O5/c1-33-19-4-2-3-18(13-19)29-11-8-24(31,9-12-29)15-28-10-7-23(30)25(32,16-28)17-34-20-5-6-21(26)22(27)14-20/h2-6,13-14,23,30-32H,7-12,15-17H2,1H3/t23-,25-/m0/s1. The molecule has 0 saturated carbocycles. The predicted octanol–water partition coefficient (Wildman–Crippen LogP) is 2.18. The van der Waals surface area contributed by atoms with Gasteiger partial charge in [0.1, 0.15) is 23.7 Å². The van der Waals surface area contributed by atoms with Crippen LogP contribution in [-0.2, 0) is 0 Å². The minimum absolute atomic E-state index is 0.0696. The van der Waals surface area contributed by atoms with Gasteiger partial charge in [-0.05, 0) is 43.5 Å². The normalized spacial score (nSPS) is 25.2. The zero-order valence-corrected chi connectivity index (χ0v) is 19.3. The molecule has 2 aliphatic heterocycles. The molecule has 0 unspecified atom stereocenters. The van der Waals surface area contributed by atoms with Crippen molar-refractivity contribution >= 4 is 5.69 Å². The largest absolute Gasteiger partial charge is 0.497 e. The van der Waals surface area contributed by atoms with Crippen LogP contribution in [0.25, 0.3) is 0 Å². The summed E-state index contributed by atoms with van der Waals surface area (Å²) in [5, 5.41) is 32.7. The van der Waals surface area contributed by atoms with Crippen molar-refractivity contribution in [1.29, 1.82) is 0 Å². The molecule has 2 fully saturated rings. The highest BCUT2D eigenvalue weighted by molar-refractivity contribution is 5.51. The third-order valence-corrected chi connectivity index (χ3v) is 6.85. The number of halogens is 2. The topological polar surface area (TPSA) is 85.6 Å². The summed E-state index contributed by atoms with van der Waals surface area (Å²) in [5.74, 6) is -1.17. The van der Waals surface area contributed by atoms with Crippen LogP contribution in [0.4, 0.5) is 14.5 Å². The Kier molecular flexibility index (Phi) is 7.28. The molecule has 0 radical (unpaired) electrons. The number of rotatable bonds is 7. The molecule has 0 aliphatic carbocycles. The first-order valence-corrected chi connectivity index (χ1v) is 11.5. The van der Waals surface area contributed by atoms with Gasteiger partial charge in [0.05, 0.1) is 18.8 Å². The molecule has 0 aromatic heterocycles. The first-order chi connectivity index (χ1) is 16.2. The first kappa shape index (κ1) is 24.7. The first-order valence-electron chi connectivity index (χ1n) is 11.5. The monoisotopic (exact) mass is 478 g/mol. The minimum atomic E-state index is -1.60. The highest BCUT2D eigenvalue weighted by Crippen LogP contribution is 2.31. The zero-order valence-electron chi connectivity index (χ0n) is 19.3. The van der Waals surface area contributed by atoms with E-state index in [0.29, 0.717) is 45.4 Å². The van der Waals surface area contributed by atoms with Crippen LogP contribution in [0.15, 0.2) is 42.5 Å². The lowest BCUT2D eigenvalue weighted by Gasteiger charge is -2.46. The van der Waals surface area contributed by atoms with Gasteiger partial charge in [-0.3, -0.25) is 4.90 Å². The number of aliphatic hydroxyl groups is 3. The molecule has 2 atom stereocenters. The van der Waals surface area contributed by atoms with E-state index in [2.05, 4.69) is 4.90 Å². The summed E-state index contributed by atoms with van der Waals surface area (Å²) in [5.41, 5.74) is -1.47. The second kappa shape index (κ2) is 10.0. The Bertz CT molecular complexity index is 986. The molecule has 7 nitrogen and oxygen atoms in total. The molecule has 2 saturated heterocycles. The van der Waals surface area contributed by atoms with Crippen molar-refractivity contribution in [2.24, 2.45) is 0 Å². The third-order valence-electron chi connectivity index (χ3n) is 6.85. The van der Waals surface area contributed by atoms with E-state index in [1.54, 1.807) is 7.11 Å². The summed E-state index contributed by atoms with van der Waals surface area (Å²) >= 11 is 0. The molecular formula is C25H32F2N2O5. The van der Waals surface area contributed by atoms with E-state index in [0.717, 1.165) is 23.6 Å². The number of β-amino-alcohol motifs (C(OH)–C–C–N with tert-alkyl or cyclic N) is 2. The number of aliphatic hydroxyl groups excluding tert-OH is 1. The van der Waals surface area contributed by atoms with Gasteiger partial charge in [0.15, 0.2) is 11.6 Å². The van der Waals surface area contributed by atoms with E-state index in [1.807, 2.05) is 29.2 Å². The number of likely N-dealkylation sites (tertiary alicyclic amines) is 1. The number of methoxy groups -OCH3 is 1. The van der Waals surface area contributed by atoms with E-state index in [-0.39, 0.29) is 18.9 Å². The van der Waals surface area contributed by atoms with Crippen molar-refractivity contribution in [3.05, 3.63) is 54.1 Å². The van der Waals surface area contributed by atoms with Crippen LogP contribution in [-0.4, -0.2) is 84.0 Å². The van der Waals surface area contributed by atoms with E-state index in [9.17, 15) is 24.1 Å². The van der Waals surface area contributed by atoms with Crippen LogP contribution in [0.5, 0.6) is 11.5 Å². The lowest BCUT2D eigenvalue weighted by atomic mass is 9.86. The van der Waals surface area contributed by atoms with Crippen LogP contribution in [0.3, 0.4) is 0 Å². The summed E-state index contributed by atoms with van der Waals surface area (Å²) in [6, 6.07) is 11.0. The number of hydrogen-bond donors (Lipinski definition) is 3. The Hall–Kier alpha value is -2.46. The fraction of sp³-hybridized carbons (Fsp3) is 0.520. The van der Waals surface area contributed by atoms with Gasteiger partial charge >= 0.3 is 0 Å². The summed E-state index contributed by atoms with van der Waals surface area (Å²) in [6.07, 6.45) is 0.405. The third kappa shape index (κ3) is 5.60. The number of ether oxygens (including phenoxy) is 2. The Labute approximate surface area is 198 Å². The molecule has 34 heavy (non-hydrogen) atoms. The fourth-order valence-electron chi connectivity index (χ4n) is 4.76. The number of anilines is 1. The summed E-state index contributed by atoms with van der Waals surface area (Å²) in [6.45, 7) is 2.07. The lowest BCUT2D eigenvalue weighted by molar-refractivity contribution is -0.149. The fourth-order valence-corrected chi connectivity index (χ4v) is 4.76. The Morgan fingerprint density at radius 3 is 2.47 bits per heavy atom. The molecule has 2 aliphatic rings. The Morgan fingerprint density at radius 2 is 1.76 bits per heavy atom. The van der Waals surface area contributed by atoms with Gasteiger partial charge in [-0.15, -0.1) is 0 Å². The molecular weight excluding hydrogens is 446 g/mol. The van der Waals surface area contributed by atoms with Crippen LogP contribution < -0.4 is 14.4 Å². The van der Waals surface area contributed by atoms with Crippen molar-refractivity contribution in [3.63, 3.8) is 0 Å². The Balaban J connectivity index is 1.33. The quantitative estimate of drug-likeness (QED) is 0.563. The average Bonchev–Trinajstić information content (AvgIpc) is 2.83. The van der Waals surface area contributed by atoms with Crippen molar-refractivity contribution in [2.45, 2.75) is 36.6 Å². The number of piperidine rings is 2. The van der Waals surface area contributed by atoms with Crippen molar-refractivity contribution in [2.75, 3.05) is 51.3 Å². The van der Waals surface area contributed by atoms with Gasteiger partial charge in [0.2, 0.25) is 0 Å². The highest BCUT2D eigenvalue weighted by atomic mass is 19.2. The van der Waals surface area contributed by atoms with Crippen molar-refractivity contribution in [3.8, 4) is 11.5 Å². The SMILES string of the molecule is COc1cccc(N2CCC(O)(CN3CC[C@H](O)[C@@](O)(COc4ccc(F)c(F)c4)C3)CC2)c1. The molecule has 186 valence electrons. The van der Waals surface area contributed by atoms with E-state index in [4.69, 9.17) is 9.47 Å². The summed E-state index contributed by atoms with van der Waals surface area (Å²) < 4.78 is 37.4. The molecule has 2 aromatic carbocycles. The zero-order chi connectivity index (χ0) is 24.3. The highest BCUT2D eigenvalue weighted by Gasteiger charge is 2.44. The number of hydrogen-bond acceptors (Lipinski definition) is 7. The second-order valence-electron chi connectivity index (χ2n) is 9.40. The van der Waals surface area contributed by atoms with Crippen LogP contribution in [0, 0.1) is 11.6 Å². The molecule has 4 rings (SSSR count). The molecule has 9 heteroatoms. The molecule has 0 amide bonds. The van der Waals surface area contributed by atoms with Crippen LogP contribution >= 0.6 is 0 Å². The second-order valence-corrected chi connectivity index (χ2v) is 9.40. The summed E-state index contributed by atoms with van der Waals surface area (Å²) in [4.78, 5) is 4.14. The van der Waals surface area contributed by atoms with E-state index < -0.39 is 28.9 Å². The lowest BCUT2D eigenvalue weighted by Crippen LogP contribution is -2.62. The van der Waals surface area contributed by atoms with Crippen molar-refractivity contribution in [1.82, 2.24) is 4.90 Å². The van der Waals surface area contributed by atoms with Crippen LogP contribution in [0.2, 0.25) is 0 Å². The Morgan fingerprint density at radius 1 is 1.00 bits per heavy atom. The van der Waals surface area contributed by atoms with Gasteiger partial charge in [-0.2, -0.15) is 0 Å². The molecule has 2 aromatic rings. The molecule has 0 spiro atoms. The smallest absolute Gasteiger partial charge is 0.162 e. The van der Waals surface area contributed by atoms with Crippen molar-refractivity contribution < 1.29 is 33.6 Å². The van der Waals surface area contributed by atoms with Gasteiger partial charge < -0.3 is 29.7 Å². The maximum absolute atomic E-state index is 13.4. The number of nitrogens with zero attached hydrogens (tertiary/aromatic N) is 2. The van der Waals surface area contributed by atoms with Gasteiger partial charge in [-0.1, -0.05) is 6.07 Å². The number of benzene rings is 2. The van der Waals surface area contributed by atoms with Gasteiger partial charge in [0.25, 0.3) is 0 Å². The average molecular weight is 479 g/mol. The summed E-state index contributed by atoms with van der Waals surface area (Å²) in [7, 11) is 1.63. The van der Waals surface area contributed by atoms with Crippen LogP contribution in [0.1, 0.15) is 19.3 Å². The minimum Gasteiger partial charge on any atom is -0.497 e. The van der Waals surface area contributed by atoms with E-state index in [1.165, 1.54) is 6.07 Å².